The summed E-state index contributed by atoms with van der Waals surface area (Å²) in [4.78, 5) is 25.2. The molecule has 4 saturated carbocycles. The van der Waals surface area contributed by atoms with Crippen LogP contribution in [0.4, 0.5) is 8.78 Å². The number of carbonyl (C=O) groups excluding carboxylic acids is 2. The minimum Gasteiger partial charge on any atom is -0.391 e. The van der Waals surface area contributed by atoms with Gasteiger partial charge in [0.1, 0.15) is 19.0 Å². The summed E-state index contributed by atoms with van der Waals surface area (Å²) >= 11 is 5.89. The van der Waals surface area contributed by atoms with Gasteiger partial charge >= 0.3 is 0 Å². The standard InChI is InChI=1S/C22H34ClF2N3O4/c23-15-3-2-14(9-16(15)25)32-12-19(30)27-22-7-5-21(6-8-22,10-18(22)29)28-20(31)17-4-1-13(24)11-26-17/h13-18,26,29H,1-12H2,(H,27,30)(H,28,31). The molecule has 32 heavy (non-hydrogen) atoms. The lowest BCUT2D eigenvalue weighted by Gasteiger charge is -2.56. The van der Waals surface area contributed by atoms with Crippen molar-refractivity contribution in [1.82, 2.24) is 16.0 Å². The second-order valence-electron chi connectivity index (χ2n) is 10.1. The summed E-state index contributed by atoms with van der Waals surface area (Å²) < 4.78 is 32.7. The largest absolute Gasteiger partial charge is 0.391 e. The van der Waals surface area contributed by atoms with Crippen molar-refractivity contribution < 1.29 is 28.2 Å². The highest BCUT2D eigenvalue weighted by atomic mass is 35.5. The Labute approximate surface area is 192 Å². The van der Waals surface area contributed by atoms with Gasteiger partial charge in [-0.25, -0.2) is 8.78 Å². The fourth-order valence-corrected chi connectivity index (χ4v) is 5.99. The Hall–Kier alpha value is -1.03. The van der Waals surface area contributed by atoms with Gasteiger partial charge in [0.15, 0.2) is 0 Å². The molecule has 0 aromatic heterocycles. The highest BCUT2D eigenvalue weighted by Crippen LogP contribution is 2.47. The van der Waals surface area contributed by atoms with Gasteiger partial charge in [-0.05, 0) is 57.8 Å². The quantitative estimate of drug-likeness (QED) is 0.436. The third-order valence-electron chi connectivity index (χ3n) is 7.86. The van der Waals surface area contributed by atoms with Gasteiger partial charge < -0.3 is 25.8 Å². The molecule has 1 heterocycles. The van der Waals surface area contributed by atoms with Gasteiger partial charge in [0, 0.05) is 18.5 Å². The average molecular weight is 478 g/mol. The number of hydrogen-bond acceptors (Lipinski definition) is 5. The van der Waals surface area contributed by atoms with Crippen LogP contribution < -0.4 is 16.0 Å². The molecule has 7 nitrogen and oxygen atoms in total. The normalized spacial score (nSPS) is 44.1. The third kappa shape index (κ3) is 5.21. The fraction of sp³-hybridized carbons (Fsp3) is 0.909. The minimum absolute atomic E-state index is 0.145. The fourth-order valence-electron chi connectivity index (χ4n) is 5.76. The molecule has 0 radical (unpaired) electrons. The van der Waals surface area contributed by atoms with Crippen LogP contribution in [0.1, 0.15) is 64.2 Å². The molecule has 4 N–H and O–H groups in total. The maximum absolute atomic E-state index is 13.8. The van der Waals surface area contributed by atoms with Crippen molar-refractivity contribution in [2.75, 3.05) is 13.2 Å². The number of alkyl halides is 3. The van der Waals surface area contributed by atoms with Crippen LogP contribution in [0.25, 0.3) is 0 Å². The zero-order chi connectivity index (χ0) is 22.9. The van der Waals surface area contributed by atoms with E-state index in [0.29, 0.717) is 57.8 Å². The van der Waals surface area contributed by atoms with Crippen LogP contribution in [0.3, 0.4) is 0 Å². The minimum atomic E-state index is -1.12. The monoisotopic (exact) mass is 477 g/mol. The van der Waals surface area contributed by atoms with Crippen molar-refractivity contribution in [2.24, 2.45) is 0 Å². The van der Waals surface area contributed by atoms with E-state index in [1.807, 2.05) is 0 Å². The number of amides is 2. The summed E-state index contributed by atoms with van der Waals surface area (Å²) in [5.41, 5.74) is -1.22. The molecule has 2 bridgehead atoms. The summed E-state index contributed by atoms with van der Waals surface area (Å²) in [6.07, 6.45) is 1.79. The lowest BCUT2D eigenvalue weighted by atomic mass is 9.59. The Bertz CT molecular complexity index is 699. The lowest BCUT2D eigenvalue weighted by Crippen LogP contribution is -2.71. The SMILES string of the molecule is O=C(COC1CCC(Cl)C(F)C1)NC12CCC(NC(=O)C3CCC(F)CN3)(CC1)CC2O. The van der Waals surface area contributed by atoms with Crippen molar-refractivity contribution >= 4 is 23.4 Å². The van der Waals surface area contributed by atoms with E-state index in [4.69, 9.17) is 16.3 Å². The first-order valence-corrected chi connectivity index (χ1v) is 12.2. The molecule has 2 amide bonds. The van der Waals surface area contributed by atoms with Crippen molar-refractivity contribution in [3.8, 4) is 0 Å². The molecule has 1 saturated heterocycles. The average Bonchev–Trinajstić information content (AvgIpc) is 2.76. The second-order valence-corrected chi connectivity index (χ2v) is 10.7. The van der Waals surface area contributed by atoms with Crippen molar-refractivity contribution in [2.45, 2.75) is 111 Å². The molecule has 6 atom stereocenters. The Balaban J connectivity index is 1.26. The topological polar surface area (TPSA) is 99.7 Å². The molecule has 0 aromatic rings. The van der Waals surface area contributed by atoms with Crippen molar-refractivity contribution in [3.05, 3.63) is 0 Å². The molecule has 0 spiro atoms. The molecular formula is C22H34ClF2N3O4. The number of piperidine rings is 1. The zero-order valence-corrected chi connectivity index (χ0v) is 19.0. The summed E-state index contributed by atoms with van der Waals surface area (Å²) in [6, 6.07) is -0.406. The molecule has 6 unspecified atom stereocenters. The summed E-state index contributed by atoms with van der Waals surface area (Å²) in [5.74, 6) is -0.466. The van der Waals surface area contributed by atoms with Crippen LogP contribution in [-0.4, -0.2) is 77.1 Å². The number of rotatable bonds is 6. The zero-order valence-electron chi connectivity index (χ0n) is 18.3. The van der Waals surface area contributed by atoms with E-state index in [1.54, 1.807) is 0 Å². The maximum atomic E-state index is 13.8. The van der Waals surface area contributed by atoms with Crippen LogP contribution in [0.15, 0.2) is 0 Å². The van der Waals surface area contributed by atoms with E-state index in [-0.39, 0.29) is 37.5 Å². The number of aliphatic hydroxyl groups excluding tert-OH is 1. The molecule has 5 fully saturated rings. The summed E-state index contributed by atoms with van der Waals surface area (Å²) in [6.45, 7) is 0.00777. The molecule has 10 heteroatoms. The Morgan fingerprint density at radius 3 is 2.47 bits per heavy atom. The summed E-state index contributed by atoms with van der Waals surface area (Å²) in [5, 5.41) is 19.4. The predicted molar refractivity (Wildman–Crippen MR) is 115 cm³/mol. The van der Waals surface area contributed by atoms with Crippen molar-refractivity contribution in [3.63, 3.8) is 0 Å². The maximum Gasteiger partial charge on any atom is 0.246 e. The Morgan fingerprint density at radius 1 is 1.09 bits per heavy atom. The van der Waals surface area contributed by atoms with Gasteiger partial charge in [-0.15, -0.1) is 11.6 Å². The lowest BCUT2D eigenvalue weighted by molar-refractivity contribution is -0.140. The van der Waals surface area contributed by atoms with E-state index in [2.05, 4.69) is 16.0 Å². The highest BCUT2D eigenvalue weighted by molar-refractivity contribution is 6.21. The van der Waals surface area contributed by atoms with Gasteiger partial charge in [-0.1, -0.05) is 0 Å². The van der Waals surface area contributed by atoms with Crippen LogP contribution in [0, 0.1) is 0 Å². The van der Waals surface area contributed by atoms with Crippen molar-refractivity contribution in [1.29, 1.82) is 0 Å². The van der Waals surface area contributed by atoms with Gasteiger partial charge in [0.2, 0.25) is 11.8 Å². The molecule has 182 valence electrons. The molecule has 4 aliphatic carbocycles. The van der Waals surface area contributed by atoms with E-state index in [1.165, 1.54) is 0 Å². The molecule has 1 aliphatic heterocycles. The number of ether oxygens (including phenoxy) is 1. The Morgan fingerprint density at radius 2 is 1.84 bits per heavy atom. The van der Waals surface area contributed by atoms with E-state index in [0.717, 1.165) is 0 Å². The number of fused-ring (bicyclic) bond motifs is 3. The van der Waals surface area contributed by atoms with Crippen LogP contribution >= 0.6 is 11.6 Å². The van der Waals surface area contributed by atoms with Crippen LogP contribution in [0.5, 0.6) is 0 Å². The molecule has 5 aliphatic rings. The Kier molecular flexibility index (Phi) is 7.29. The predicted octanol–water partition coefficient (Wildman–Crippen LogP) is 1.64. The first kappa shape index (κ1) is 24.1. The van der Waals surface area contributed by atoms with Gasteiger partial charge in [0.25, 0.3) is 0 Å². The second kappa shape index (κ2) is 9.68. The van der Waals surface area contributed by atoms with E-state index >= 15 is 0 Å². The smallest absolute Gasteiger partial charge is 0.246 e. The third-order valence-corrected chi connectivity index (χ3v) is 8.36. The van der Waals surface area contributed by atoms with Gasteiger partial charge in [-0.3, -0.25) is 9.59 Å². The number of carbonyl (C=O) groups is 2. The number of hydrogen-bond donors (Lipinski definition) is 4. The van der Waals surface area contributed by atoms with Gasteiger partial charge in [-0.2, -0.15) is 0 Å². The molecule has 0 aromatic carbocycles. The number of halogens is 3. The summed E-state index contributed by atoms with van der Waals surface area (Å²) in [7, 11) is 0. The number of nitrogens with one attached hydrogen (secondary N) is 3. The van der Waals surface area contributed by atoms with E-state index < -0.39 is 40.9 Å². The highest BCUT2D eigenvalue weighted by Gasteiger charge is 2.55. The van der Waals surface area contributed by atoms with Gasteiger partial charge in [0.05, 0.1) is 29.2 Å². The molecule has 5 rings (SSSR count). The van der Waals surface area contributed by atoms with Crippen LogP contribution in [0.2, 0.25) is 0 Å². The number of aliphatic hydroxyl groups is 1. The first-order chi connectivity index (χ1) is 15.2. The first-order valence-electron chi connectivity index (χ1n) is 11.8. The van der Waals surface area contributed by atoms with Crippen LogP contribution in [-0.2, 0) is 14.3 Å². The molecular weight excluding hydrogens is 444 g/mol. The van der Waals surface area contributed by atoms with E-state index in [9.17, 15) is 23.5 Å².